The summed E-state index contributed by atoms with van der Waals surface area (Å²) < 4.78 is 23.4. The number of carbonyl (C=O) groups is 1. The highest BCUT2D eigenvalue weighted by Gasteiger charge is 2.27. The van der Waals surface area contributed by atoms with Gasteiger partial charge in [-0.05, 0) is 64.2 Å². The van der Waals surface area contributed by atoms with E-state index in [1.165, 1.54) is 77.0 Å². The minimum Gasteiger partial charge on any atom is -0.387 e. The molecule has 3 unspecified atom stereocenters. The molecule has 0 bridgehead atoms. The molecule has 0 aromatic heterocycles. The Balaban J connectivity index is 4.01. The number of rotatable bonds is 40. The fourth-order valence-corrected chi connectivity index (χ4v) is 6.80. The Morgan fingerprint density at radius 3 is 1.54 bits per heavy atom. The first-order valence-corrected chi connectivity index (χ1v) is 24.3. The highest BCUT2D eigenvalue weighted by atomic mass is 31.2. The Kier molecular flexibility index (Phi) is 38.0. The molecule has 0 aromatic rings. The summed E-state index contributed by atoms with van der Waals surface area (Å²) in [6.07, 6.45) is 53.0. The number of allylic oxidation sites excluding steroid dienone is 11. The zero-order valence-electron chi connectivity index (χ0n) is 37.3. The third-order valence-corrected chi connectivity index (χ3v) is 10.7. The molecule has 330 valence electrons. The second kappa shape index (κ2) is 39.4. The molecule has 3 atom stereocenters. The molecule has 0 spiro atoms. The molecule has 8 nitrogen and oxygen atoms in total. The number of hydrogen-bond donors (Lipinski definition) is 3. The molecule has 9 heteroatoms. The normalized spacial score (nSPS) is 15.0. The van der Waals surface area contributed by atoms with Gasteiger partial charge in [-0.25, -0.2) is 4.57 Å². The zero-order valence-corrected chi connectivity index (χ0v) is 38.2. The predicted octanol–water partition coefficient (Wildman–Crippen LogP) is 12.8. The Hall–Kier alpha value is -2.06. The van der Waals surface area contributed by atoms with Crippen molar-refractivity contribution in [1.29, 1.82) is 0 Å². The molecule has 57 heavy (non-hydrogen) atoms. The fourth-order valence-electron chi connectivity index (χ4n) is 6.07. The van der Waals surface area contributed by atoms with Crippen LogP contribution in [-0.2, 0) is 18.4 Å². The van der Waals surface area contributed by atoms with Gasteiger partial charge in [-0.3, -0.25) is 13.8 Å². The van der Waals surface area contributed by atoms with E-state index in [1.807, 2.05) is 27.2 Å². The maximum atomic E-state index is 12.8. The lowest BCUT2D eigenvalue weighted by Crippen LogP contribution is -2.45. The van der Waals surface area contributed by atoms with Crippen LogP contribution >= 0.6 is 7.82 Å². The highest BCUT2D eigenvalue weighted by molar-refractivity contribution is 7.47. The van der Waals surface area contributed by atoms with Gasteiger partial charge < -0.3 is 19.8 Å². The summed E-state index contributed by atoms with van der Waals surface area (Å²) in [5, 5.41) is 13.7. The van der Waals surface area contributed by atoms with Gasteiger partial charge in [-0.2, -0.15) is 0 Å². The van der Waals surface area contributed by atoms with E-state index in [4.69, 9.17) is 9.05 Å². The predicted molar refractivity (Wildman–Crippen MR) is 244 cm³/mol. The van der Waals surface area contributed by atoms with Crippen molar-refractivity contribution in [2.45, 2.75) is 187 Å². The zero-order chi connectivity index (χ0) is 42.1. The van der Waals surface area contributed by atoms with Crippen molar-refractivity contribution in [3.05, 3.63) is 72.9 Å². The molecule has 0 aliphatic carbocycles. The molecule has 0 saturated carbocycles. The number of aliphatic hydroxyl groups is 1. The Bertz CT molecular complexity index is 1160. The number of nitrogens with zero attached hydrogens (tertiary/aromatic N) is 1. The Morgan fingerprint density at radius 1 is 0.614 bits per heavy atom. The molecule has 0 aliphatic rings. The van der Waals surface area contributed by atoms with Crippen LogP contribution in [0.5, 0.6) is 0 Å². The molecule has 0 radical (unpaired) electrons. The lowest BCUT2D eigenvalue weighted by molar-refractivity contribution is -0.870. The van der Waals surface area contributed by atoms with Crippen molar-refractivity contribution in [1.82, 2.24) is 5.32 Å². The van der Waals surface area contributed by atoms with Gasteiger partial charge in [0, 0.05) is 6.42 Å². The number of unbranched alkanes of at least 4 members (excludes halogenated alkanes) is 17. The van der Waals surface area contributed by atoms with Gasteiger partial charge in [0.15, 0.2) is 0 Å². The van der Waals surface area contributed by atoms with E-state index in [0.29, 0.717) is 17.4 Å². The molecule has 3 N–H and O–H groups in total. The maximum absolute atomic E-state index is 12.8. The van der Waals surface area contributed by atoms with Gasteiger partial charge in [0.1, 0.15) is 13.2 Å². The van der Waals surface area contributed by atoms with E-state index in [2.05, 4.69) is 79.9 Å². The summed E-state index contributed by atoms with van der Waals surface area (Å²) in [6.45, 7) is 4.60. The van der Waals surface area contributed by atoms with Crippen LogP contribution in [0.15, 0.2) is 72.9 Å². The highest BCUT2D eigenvalue weighted by Crippen LogP contribution is 2.43. The van der Waals surface area contributed by atoms with Crippen LogP contribution in [0.2, 0.25) is 0 Å². The van der Waals surface area contributed by atoms with Gasteiger partial charge in [-0.1, -0.05) is 177 Å². The lowest BCUT2D eigenvalue weighted by atomic mass is 10.0. The van der Waals surface area contributed by atoms with Gasteiger partial charge in [0.05, 0.1) is 39.9 Å². The minimum atomic E-state index is -4.33. The van der Waals surface area contributed by atoms with E-state index in [0.717, 1.165) is 77.0 Å². The van der Waals surface area contributed by atoms with Crippen LogP contribution in [-0.4, -0.2) is 73.4 Å². The Morgan fingerprint density at radius 2 is 1.05 bits per heavy atom. The number of quaternary nitrogens is 1. The van der Waals surface area contributed by atoms with Gasteiger partial charge in [0.25, 0.3) is 0 Å². The van der Waals surface area contributed by atoms with Crippen molar-refractivity contribution in [2.75, 3.05) is 40.9 Å². The third-order valence-electron chi connectivity index (χ3n) is 9.68. The van der Waals surface area contributed by atoms with E-state index in [-0.39, 0.29) is 19.1 Å². The molecule has 0 aromatic carbocycles. The summed E-state index contributed by atoms with van der Waals surface area (Å²) in [4.78, 5) is 23.0. The summed E-state index contributed by atoms with van der Waals surface area (Å²) in [5.41, 5.74) is 0. The van der Waals surface area contributed by atoms with E-state index >= 15 is 0 Å². The molecule has 0 aliphatic heterocycles. The van der Waals surface area contributed by atoms with Crippen LogP contribution in [0.4, 0.5) is 0 Å². The van der Waals surface area contributed by atoms with Crippen molar-refractivity contribution in [2.24, 2.45) is 0 Å². The average molecular weight is 820 g/mol. The minimum absolute atomic E-state index is 0.0580. The number of hydrogen-bond acceptors (Lipinski definition) is 5. The number of aliphatic hydroxyl groups excluding tert-OH is 1. The largest absolute Gasteiger partial charge is 0.472 e. The number of phosphoric acid groups is 1. The first-order chi connectivity index (χ1) is 27.5. The molecule has 1 amide bonds. The summed E-state index contributed by atoms with van der Waals surface area (Å²) >= 11 is 0. The standard InChI is InChI=1S/C48H87N2O6P/c1-6-8-10-12-14-15-16-17-18-19-20-21-22-23-24-25-26-27-28-29-30-31-32-33-34-35-36-38-40-42-48(52)49-46(47(51)41-39-37-13-11-9-7-2)45-56-57(53,54)55-44-43-50(3,4)5/h8,10,14-15,17-18,20-21,23-24,39,41,46-47,51H,6-7,9,11-13,16,19,22,25-38,40,42-45H2,1-5H3,(H-,49,52,53,54)/p+1/b10-8-,15-14-,18-17-,21-20-,24-23-,41-39+. The van der Waals surface area contributed by atoms with E-state index < -0.39 is 20.0 Å². The second-order valence-corrected chi connectivity index (χ2v) is 17.9. The Labute approximate surface area is 351 Å². The topological polar surface area (TPSA) is 105 Å². The fraction of sp³-hybridized carbons (Fsp3) is 0.729. The monoisotopic (exact) mass is 820 g/mol. The number of carbonyl (C=O) groups excluding carboxylic acids is 1. The SMILES string of the molecule is CC/C=C\C/C=C\C/C=C\C/C=C\C/C=C\CCCCCCCCCCCCCCCC(=O)NC(COP(=O)(O)OCC[N+](C)(C)C)C(O)/C=C/CCCCCC. The third kappa shape index (κ3) is 41.9. The molecular weight excluding hydrogens is 732 g/mol. The summed E-state index contributed by atoms with van der Waals surface area (Å²) in [6, 6.07) is -0.846. The van der Waals surface area contributed by atoms with Crippen LogP contribution < -0.4 is 5.32 Å². The molecule has 0 saturated heterocycles. The average Bonchev–Trinajstić information content (AvgIpc) is 3.16. The van der Waals surface area contributed by atoms with Gasteiger partial charge in [-0.15, -0.1) is 0 Å². The summed E-state index contributed by atoms with van der Waals surface area (Å²) in [5.74, 6) is -0.188. The van der Waals surface area contributed by atoms with Crippen LogP contribution in [0.3, 0.4) is 0 Å². The maximum Gasteiger partial charge on any atom is 0.472 e. The van der Waals surface area contributed by atoms with Crippen molar-refractivity contribution < 1.29 is 32.9 Å². The lowest BCUT2D eigenvalue weighted by Gasteiger charge is -2.25. The van der Waals surface area contributed by atoms with E-state index in [1.54, 1.807) is 6.08 Å². The molecule has 0 fully saturated rings. The van der Waals surface area contributed by atoms with Gasteiger partial charge in [0.2, 0.25) is 5.91 Å². The van der Waals surface area contributed by atoms with Crippen molar-refractivity contribution >= 4 is 13.7 Å². The molecule has 0 heterocycles. The number of likely N-dealkylation sites (N-methyl/N-ethyl adjacent to an activating group) is 1. The number of nitrogens with one attached hydrogen (secondary N) is 1. The van der Waals surface area contributed by atoms with Crippen molar-refractivity contribution in [3.63, 3.8) is 0 Å². The van der Waals surface area contributed by atoms with E-state index in [9.17, 15) is 19.4 Å². The van der Waals surface area contributed by atoms with Crippen LogP contribution in [0.25, 0.3) is 0 Å². The first kappa shape index (κ1) is 54.9. The van der Waals surface area contributed by atoms with Crippen molar-refractivity contribution in [3.8, 4) is 0 Å². The van der Waals surface area contributed by atoms with Crippen LogP contribution in [0, 0.1) is 0 Å². The first-order valence-electron chi connectivity index (χ1n) is 22.8. The second-order valence-electron chi connectivity index (χ2n) is 16.4. The smallest absolute Gasteiger partial charge is 0.387 e. The molecular formula is C48H88N2O6P+. The number of phosphoric ester groups is 1. The summed E-state index contributed by atoms with van der Waals surface area (Å²) in [7, 11) is 1.56. The quantitative estimate of drug-likeness (QED) is 0.0246. The van der Waals surface area contributed by atoms with Gasteiger partial charge >= 0.3 is 7.82 Å². The molecule has 0 rings (SSSR count). The number of amides is 1. The van der Waals surface area contributed by atoms with Crippen LogP contribution in [0.1, 0.15) is 174 Å².